The van der Waals surface area contributed by atoms with Crippen molar-refractivity contribution in [3.8, 4) is 67.9 Å². The third kappa shape index (κ3) is 5.96. The number of hydrogen-bond acceptors (Lipinski definition) is 4. The SMILES string of the molecule is c1ccc(-c2cc(-n3c4ccc(-c5ccc6c(c5)c5ccccc5n6-c5ccccc5)cc4c4c(-c5ccccc5)nc(-c5ccccc5)nc43)nc(-c3ccccc3)n2)cc1. The Morgan fingerprint density at radius 3 is 1.45 bits per heavy atom. The maximum absolute atomic E-state index is 5.45. The van der Waals surface area contributed by atoms with Crippen molar-refractivity contribution in [2.24, 2.45) is 0 Å². The van der Waals surface area contributed by atoms with Crippen molar-refractivity contribution in [3.05, 3.63) is 218 Å². The van der Waals surface area contributed by atoms with Crippen molar-refractivity contribution >= 4 is 43.7 Å². The average Bonchev–Trinajstić information content (AvgIpc) is 3.87. The van der Waals surface area contributed by atoms with Crippen LogP contribution in [-0.2, 0) is 0 Å². The largest absolute Gasteiger partial charge is 0.309 e. The first-order valence-corrected chi connectivity index (χ1v) is 20.8. The monoisotopic (exact) mass is 792 g/mol. The molecule has 0 saturated heterocycles. The van der Waals surface area contributed by atoms with Crippen LogP contribution in [0.2, 0.25) is 0 Å². The zero-order chi connectivity index (χ0) is 41.0. The van der Waals surface area contributed by atoms with Crippen LogP contribution in [0.4, 0.5) is 0 Å². The Morgan fingerprint density at radius 1 is 0.306 bits per heavy atom. The molecule has 290 valence electrons. The average molecular weight is 793 g/mol. The van der Waals surface area contributed by atoms with E-state index in [4.69, 9.17) is 19.9 Å². The molecule has 0 atom stereocenters. The molecule has 0 bridgehead atoms. The number of para-hydroxylation sites is 2. The summed E-state index contributed by atoms with van der Waals surface area (Å²) in [5.74, 6) is 2.00. The van der Waals surface area contributed by atoms with Crippen LogP contribution in [0.1, 0.15) is 0 Å². The summed E-state index contributed by atoms with van der Waals surface area (Å²) in [5.41, 5.74) is 13.0. The Labute approximate surface area is 357 Å². The minimum absolute atomic E-state index is 0.636. The first-order valence-electron chi connectivity index (χ1n) is 20.8. The molecule has 0 spiro atoms. The zero-order valence-electron chi connectivity index (χ0n) is 33.5. The van der Waals surface area contributed by atoms with Crippen LogP contribution in [-0.4, -0.2) is 29.1 Å². The van der Waals surface area contributed by atoms with Crippen LogP contribution >= 0.6 is 0 Å². The smallest absolute Gasteiger partial charge is 0.162 e. The molecule has 0 aliphatic heterocycles. The third-order valence-electron chi connectivity index (χ3n) is 11.8. The molecule has 4 aromatic heterocycles. The van der Waals surface area contributed by atoms with E-state index in [9.17, 15) is 0 Å². The predicted molar refractivity (Wildman–Crippen MR) is 253 cm³/mol. The molecule has 12 rings (SSSR count). The Morgan fingerprint density at radius 2 is 0.806 bits per heavy atom. The molecule has 0 radical (unpaired) electrons. The van der Waals surface area contributed by atoms with Crippen LogP contribution in [0.3, 0.4) is 0 Å². The number of hydrogen-bond donors (Lipinski definition) is 0. The number of benzene rings is 8. The standard InChI is InChI=1S/C56H36N6/c1-6-18-37(19-7-1)47-36-51(58-54(57-47)39-22-10-3-11-23-39)62-50-33-31-42(41-30-32-49-45(34-41)44-28-16-17-29-48(44)61(49)43-26-14-5-15-27-43)35-46(50)52-53(38-20-8-2-9-21-38)59-55(60-56(52)62)40-24-12-4-13-25-40/h1-36H. The summed E-state index contributed by atoms with van der Waals surface area (Å²) in [6.45, 7) is 0. The van der Waals surface area contributed by atoms with Gasteiger partial charge in [-0.15, -0.1) is 0 Å². The highest BCUT2D eigenvalue weighted by Gasteiger charge is 2.24. The molecular weight excluding hydrogens is 757 g/mol. The first-order chi connectivity index (χ1) is 30.7. The molecule has 0 N–H and O–H groups in total. The zero-order valence-corrected chi connectivity index (χ0v) is 33.5. The Kier molecular flexibility index (Phi) is 8.38. The molecule has 6 heteroatoms. The van der Waals surface area contributed by atoms with Crippen molar-refractivity contribution in [1.82, 2.24) is 29.1 Å². The third-order valence-corrected chi connectivity index (χ3v) is 11.8. The van der Waals surface area contributed by atoms with Gasteiger partial charge in [-0.3, -0.25) is 4.57 Å². The van der Waals surface area contributed by atoms with Crippen molar-refractivity contribution in [3.63, 3.8) is 0 Å². The maximum atomic E-state index is 5.45. The number of rotatable bonds is 7. The van der Waals surface area contributed by atoms with E-state index in [1.165, 1.54) is 21.8 Å². The van der Waals surface area contributed by atoms with E-state index in [1.54, 1.807) is 0 Å². The molecule has 0 aliphatic rings. The van der Waals surface area contributed by atoms with Gasteiger partial charge in [0.15, 0.2) is 17.3 Å². The van der Waals surface area contributed by atoms with E-state index in [2.05, 4.69) is 167 Å². The highest BCUT2D eigenvalue weighted by molar-refractivity contribution is 6.15. The molecule has 6 nitrogen and oxygen atoms in total. The van der Waals surface area contributed by atoms with Crippen molar-refractivity contribution in [2.45, 2.75) is 0 Å². The van der Waals surface area contributed by atoms with Gasteiger partial charge in [-0.1, -0.05) is 170 Å². The number of aromatic nitrogens is 6. The normalized spacial score (nSPS) is 11.5. The molecule has 0 unspecified atom stereocenters. The highest BCUT2D eigenvalue weighted by atomic mass is 15.1. The molecule has 0 aliphatic carbocycles. The van der Waals surface area contributed by atoms with Gasteiger partial charge in [-0.25, -0.2) is 19.9 Å². The van der Waals surface area contributed by atoms with E-state index >= 15 is 0 Å². The summed E-state index contributed by atoms with van der Waals surface area (Å²) >= 11 is 0. The summed E-state index contributed by atoms with van der Waals surface area (Å²) in [6, 6.07) is 76.1. The van der Waals surface area contributed by atoms with Crippen molar-refractivity contribution < 1.29 is 0 Å². The van der Waals surface area contributed by atoms with Crippen LogP contribution in [0.25, 0.3) is 112 Å². The Hall–Kier alpha value is -8.48. The van der Waals surface area contributed by atoms with Crippen molar-refractivity contribution in [1.29, 1.82) is 0 Å². The quantitative estimate of drug-likeness (QED) is 0.161. The lowest BCUT2D eigenvalue weighted by molar-refractivity contribution is 1.03. The van der Waals surface area contributed by atoms with Gasteiger partial charge in [-0.2, -0.15) is 0 Å². The highest BCUT2D eigenvalue weighted by Crippen LogP contribution is 2.41. The fraction of sp³-hybridized carbons (Fsp3) is 0. The molecular formula is C56H36N6. The van der Waals surface area contributed by atoms with Crippen LogP contribution in [0.5, 0.6) is 0 Å². The lowest BCUT2D eigenvalue weighted by Crippen LogP contribution is -2.04. The lowest BCUT2D eigenvalue weighted by atomic mass is 9.99. The van der Waals surface area contributed by atoms with Gasteiger partial charge in [0.25, 0.3) is 0 Å². The van der Waals surface area contributed by atoms with Gasteiger partial charge in [0.1, 0.15) is 5.82 Å². The molecule has 8 aromatic carbocycles. The van der Waals surface area contributed by atoms with Gasteiger partial charge >= 0.3 is 0 Å². The van der Waals surface area contributed by atoms with E-state index in [1.807, 2.05) is 60.7 Å². The van der Waals surface area contributed by atoms with E-state index in [0.717, 1.165) is 78.2 Å². The number of nitrogens with zero attached hydrogens (tertiary/aromatic N) is 6. The molecule has 0 saturated carbocycles. The fourth-order valence-electron chi connectivity index (χ4n) is 8.87. The minimum Gasteiger partial charge on any atom is -0.309 e. The van der Waals surface area contributed by atoms with Gasteiger partial charge in [0.2, 0.25) is 0 Å². The first kappa shape index (κ1) is 35.5. The maximum Gasteiger partial charge on any atom is 0.162 e. The van der Waals surface area contributed by atoms with Crippen LogP contribution in [0.15, 0.2) is 218 Å². The van der Waals surface area contributed by atoms with Gasteiger partial charge in [-0.05, 0) is 53.6 Å². The van der Waals surface area contributed by atoms with Gasteiger partial charge in [0.05, 0.1) is 33.3 Å². The number of fused-ring (bicyclic) bond motifs is 6. The molecule has 62 heavy (non-hydrogen) atoms. The molecule has 0 amide bonds. The van der Waals surface area contributed by atoms with Crippen molar-refractivity contribution in [2.75, 3.05) is 0 Å². The minimum atomic E-state index is 0.636. The summed E-state index contributed by atoms with van der Waals surface area (Å²) in [5, 5.41) is 4.40. The van der Waals surface area contributed by atoms with Gasteiger partial charge < -0.3 is 4.57 Å². The molecule has 12 aromatic rings. The van der Waals surface area contributed by atoms with Crippen LogP contribution < -0.4 is 0 Å². The fourth-order valence-corrected chi connectivity index (χ4v) is 8.87. The summed E-state index contributed by atoms with van der Waals surface area (Å²) in [7, 11) is 0. The topological polar surface area (TPSA) is 61.4 Å². The molecule has 0 fully saturated rings. The second-order valence-electron chi connectivity index (χ2n) is 15.5. The van der Waals surface area contributed by atoms with Crippen LogP contribution in [0, 0.1) is 0 Å². The molecule has 4 heterocycles. The van der Waals surface area contributed by atoms with E-state index in [-0.39, 0.29) is 0 Å². The predicted octanol–water partition coefficient (Wildman–Crippen LogP) is 13.8. The summed E-state index contributed by atoms with van der Waals surface area (Å²) in [6.07, 6.45) is 0. The summed E-state index contributed by atoms with van der Waals surface area (Å²) in [4.78, 5) is 21.3. The Bertz CT molecular complexity index is 3540. The second kappa shape index (κ2) is 14.7. The second-order valence-corrected chi connectivity index (χ2v) is 15.5. The van der Waals surface area contributed by atoms with Gasteiger partial charge in [0, 0.05) is 50.2 Å². The Balaban J connectivity index is 1.16. The lowest BCUT2D eigenvalue weighted by Gasteiger charge is -2.13. The van der Waals surface area contributed by atoms with E-state index < -0.39 is 0 Å². The summed E-state index contributed by atoms with van der Waals surface area (Å²) < 4.78 is 4.56. The van der Waals surface area contributed by atoms with E-state index in [0.29, 0.717) is 11.6 Å².